The van der Waals surface area contributed by atoms with Gasteiger partial charge in [-0.05, 0) is 42.7 Å². The molecule has 0 saturated carbocycles. The molecule has 1 amide bonds. The molecule has 4 rings (SSSR count). The van der Waals surface area contributed by atoms with E-state index in [9.17, 15) is 13.2 Å². The minimum Gasteiger partial charge on any atom is -0.352 e. The second-order valence-electron chi connectivity index (χ2n) is 7.54. The Morgan fingerprint density at radius 2 is 2.06 bits per heavy atom. The molecule has 1 fully saturated rings. The van der Waals surface area contributed by atoms with E-state index in [0.717, 1.165) is 5.56 Å². The number of pyridine rings is 1. The molecule has 1 aliphatic heterocycles. The molecule has 0 unspecified atom stereocenters. The molecule has 11 heteroatoms. The number of amides is 1. The van der Waals surface area contributed by atoms with Gasteiger partial charge in [0.2, 0.25) is 27.6 Å². The molecule has 0 aliphatic carbocycles. The number of aromatic nitrogens is 3. The van der Waals surface area contributed by atoms with Crippen LogP contribution in [0.5, 0.6) is 0 Å². The molecular weight excluding hydrogens is 454 g/mol. The summed E-state index contributed by atoms with van der Waals surface area (Å²) in [6.45, 7) is 2.51. The monoisotopic (exact) mass is 475 g/mol. The molecule has 32 heavy (non-hydrogen) atoms. The van der Waals surface area contributed by atoms with Crippen LogP contribution in [0.15, 0.2) is 52.1 Å². The van der Waals surface area contributed by atoms with Crippen LogP contribution in [-0.2, 0) is 21.4 Å². The molecule has 9 nitrogen and oxygen atoms in total. The van der Waals surface area contributed by atoms with E-state index in [2.05, 4.69) is 20.4 Å². The lowest BCUT2D eigenvalue weighted by Crippen LogP contribution is -2.42. The summed E-state index contributed by atoms with van der Waals surface area (Å²) >= 11 is 6.23. The molecule has 1 N–H and O–H groups in total. The van der Waals surface area contributed by atoms with Crippen molar-refractivity contribution >= 4 is 27.5 Å². The van der Waals surface area contributed by atoms with Gasteiger partial charge < -0.3 is 9.84 Å². The first-order valence-corrected chi connectivity index (χ1v) is 11.9. The Labute approximate surface area is 190 Å². The summed E-state index contributed by atoms with van der Waals surface area (Å²) in [6.07, 6.45) is 4.23. The van der Waals surface area contributed by atoms with Crippen LogP contribution in [0.4, 0.5) is 0 Å². The normalized spacial score (nSPS) is 15.6. The van der Waals surface area contributed by atoms with Crippen molar-refractivity contribution in [2.45, 2.75) is 31.2 Å². The van der Waals surface area contributed by atoms with Crippen LogP contribution in [-0.4, -0.2) is 46.8 Å². The van der Waals surface area contributed by atoms with Crippen LogP contribution in [0.1, 0.15) is 24.3 Å². The molecule has 1 aliphatic rings. The van der Waals surface area contributed by atoms with Crippen LogP contribution in [0.3, 0.4) is 0 Å². The largest absolute Gasteiger partial charge is 0.352 e. The Morgan fingerprint density at radius 1 is 1.28 bits per heavy atom. The van der Waals surface area contributed by atoms with Gasteiger partial charge in [-0.15, -0.1) is 0 Å². The van der Waals surface area contributed by atoms with E-state index in [1.54, 1.807) is 25.4 Å². The molecule has 3 heterocycles. The Kier molecular flexibility index (Phi) is 6.54. The summed E-state index contributed by atoms with van der Waals surface area (Å²) < 4.78 is 32.9. The second kappa shape index (κ2) is 9.35. The first-order chi connectivity index (χ1) is 15.3. The average Bonchev–Trinajstić information content (AvgIpc) is 3.24. The number of aryl methyl sites for hydroxylation is 1. The number of halogens is 1. The van der Waals surface area contributed by atoms with Crippen molar-refractivity contribution in [2.75, 3.05) is 13.1 Å². The maximum atomic E-state index is 13.3. The van der Waals surface area contributed by atoms with Gasteiger partial charge in [-0.3, -0.25) is 9.78 Å². The van der Waals surface area contributed by atoms with Crippen molar-refractivity contribution in [3.63, 3.8) is 0 Å². The molecule has 1 saturated heterocycles. The lowest BCUT2D eigenvalue weighted by molar-refractivity contribution is -0.126. The third-order valence-corrected chi connectivity index (χ3v) is 7.73. The zero-order chi connectivity index (χ0) is 22.7. The minimum absolute atomic E-state index is 0.0152. The number of hydrogen-bond donors (Lipinski definition) is 1. The number of carbonyl (C=O) groups excluding carboxylic acids is 1. The molecule has 1 aromatic carbocycles. The van der Waals surface area contributed by atoms with E-state index >= 15 is 0 Å². The zero-order valence-electron chi connectivity index (χ0n) is 17.4. The summed E-state index contributed by atoms with van der Waals surface area (Å²) in [5.74, 6) is 0.337. The molecule has 168 valence electrons. The van der Waals surface area contributed by atoms with Crippen molar-refractivity contribution in [3.8, 4) is 11.4 Å². The summed E-state index contributed by atoms with van der Waals surface area (Å²) in [6, 6.07) is 8.30. The van der Waals surface area contributed by atoms with Gasteiger partial charge in [-0.1, -0.05) is 22.8 Å². The molecule has 0 atom stereocenters. The standard InChI is InChI=1S/C21H22ClN5O4S/c1-14-25-20(26-31-14)17-4-5-18(22)19(11-17)32(29,30)27-9-6-16(7-10-27)21(28)24-13-15-3-2-8-23-12-15/h2-5,8,11-12,16H,6-7,9-10,13H2,1H3,(H,24,28). The van der Waals surface area contributed by atoms with Gasteiger partial charge in [0.15, 0.2) is 0 Å². The molecule has 0 spiro atoms. The minimum atomic E-state index is -3.85. The second-order valence-corrected chi connectivity index (χ2v) is 9.85. The highest BCUT2D eigenvalue weighted by molar-refractivity contribution is 7.89. The first-order valence-electron chi connectivity index (χ1n) is 10.1. The number of hydrogen-bond acceptors (Lipinski definition) is 7. The maximum absolute atomic E-state index is 13.3. The highest BCUT2D eigenvalue weighted by Gasteiger charge is 2.33. The highest BCUT2D eigenvalue weighted by atomic mass is 35.5. The summed E-state index contributed by atoms with van der Waals surface area (Å²) in [4.78, 5) is 20.7. The van der Waals surface area contributed by atoms with Gasteiger partial charge in [-0.25, -0.2) is 8.42 Å². The number of piperidine rings is 1. The number of nitrogens with zero attached hydrogens (tertiary/aromatic N) is 4. The van der Waals surface area contributed by atoms with E-state index in [1.807, 2.05) is 12.1 Å². The molecule has 2 aromatic heterocycles. The van der Waals surface area contributed by atoms with Gasteiger partial charge in [0, 0.05) is 50.4 Å². The van der Waals surface area contributed by atoms with Gasteiger partial charge in [0.25, 0.3) is 0 Å². The molecular formula is C21H22ClN5O4S. The predicted molar refractivity (Wildman–Crippen MR) is 117 cm³/mol. The SMILES string of the molecule is Cc1nc(-c2ccc(Cl)c(S(=O)(=O)N3CCC(C(=O)NCc4cccnc4)CC3)c2)no1. The lowest BCUT2D eigenvalue weighted by atomic mass is 9.97. The van der Waals surface area contributed by atoms with Crippen molar-refractivity contribution in [2.24, 2.45) is 5.92 Å². The number of rotatable bonds is 6. The third kappa shape index (κ3) is 4.82. The van der Waals surface area contributed by atoms with E-state index in [-0.39, 0.29) is 34.8 Å². The topological polar surface area (TPSA) is 118 Å². The molecule has 3 aromatic rings. The Morgan fingerprint density at radius 3 is 2.72 bits per heavy atom. The summed E-state index contributed by atoms with van der Waals surface area (Å²) in [5, 5.41) is 6.85. The van der Waals surface area contributed by atoms with Gasteiger partial charge in [0.05, 0.1) is 5.02 Å². The lowest BCUT2D eigenvalue weighted by Gasteiger charge is -2.30. The van der Waals surface area contributed by atoms with Crippen molar-refractivity contribution in [1.29, 1.82) is 0 Å². The highest BCUT2D eigenvalue weighted by Crippen LogP contribution is 2.31. The third-order valence-electron chi connectivity index (χ3n) is 5.35. The smallest absolute Gasteiger partial charge is 0.244 e. The number of sulfonamides is 1. The van der Waals surface area contributed by atoms with Gasteiger partial charge >= 0.3 is 0 Å². The van der Waals surface area contributed by atoms with Crippen LogP contribution >= 0.6 is 11.6 Å². The zero-order valence-corrected chi connectivity index (χ0v) is 18.9. The van der Waals surface area contributed by atoms with E-state index < -0.39 is 10.0 Å². The number of carbonyl (C=O) groups is 1. The Balaban J connectivity index is 1.42. The van der Waals surface area contributed by atoms with Crippen LogP contribution in [0.25, 0.3) is 11.4 Å². The van der Waals surface area contributed by atoms with E-state index in [4.69, 9.17) is 16.1 Å². The van der Waals surface area contributed by atoms with Crippen molar-refractivity contribution < 1.29 is 17.7 Å². The molecule has 0 bridgehead atoms. The fraction of sp³-hybridized carbons (Fsp3) is 0.333. The number of benzene rings is 1. The van der Waals surface area contributed by atoms with E-state index in [1.165, 1.54) is 16.4 Å². The summed E-state index contributed by atoms with van der Waals surface area (Å²) in [7, 11) is -3.85. The van der Waals surface area contributed by atoms with Crippen LogP contribution in [0, 0.1) is 12.8 Å². The van der Waals surface area contributed by atoms with Gasteiger partial charge in [-0.2, -0.15) is 9.29 Å². The van der Waals surface area contributed by atoms with Crippen LogP contribution in [0.2, 0.25) is 5.02 Å². The average molecular weight is 476 g/mol. The van der Waals surface area contributed by atoms with Crippen molar-refractivity contribution in [3.05, 3.63) is 59.2 Å². The number of nitrogens with one attached hydrogen (secondary N) is 1. The van der Waals surface area contributed by atoms with Crippen molar-refractivity contribution in [1.82, 2.24) is 24.7 Å². The Bertz CT molecular complexity index is 1210. The summed E-state index contributed by atoms with van der Waals surface area (Å²) in [5.41, 5.74) is 1.40. The predicted octanol–water partition coefficient (Wildman–Crippen LogP) is 2.81. The van der Waals surface area contributed by atoms with E-state index in [0.29, 0.717) is 36.7 Å². The fourth-order valence-electron chi connectivity index (χ4n) is 3.59. The molecule has 0 radical (unpaired) electrons. The quantitative estimate of drug-likeness (QED) is 0.582. The van der Waals surface area contributed by atoms with Crippen LogP contribution < -0.4 is 5.32 Å². The Hall–Kier alpha value is -2.82. The first kappa shape index (κ1) is 22.4. The maximum Gasteiger partial charge on any atom is 0.244 e. The van der Waals surface area contributed by atoms with Gasteiger partial charge in [0.1, 0.15) is 4.90 Å². The fourth-order valence-corrected chi connectivity index (χ4v) is 5.56.